The van der Waals surface area contributed by atoms with Crippen molar-refractivity contribution in [1.29, 1.82) is 0 Å². The Balaban J connectivity index is 1.59. The van der Waals surface area contributed by atoms with Gasteiger partial charge in [0, 0.05) is 46.4 Å². The Kier molecular flexibility index (Phi) is 6.17. The lowest BCUT2D eigenvalue weighted by Crippen LogP contribution is -2.23. The van der Waals surface area contributed by atoms with Crippen molar-refractivity contribution in [3.63, 3.8) is 0 Å². The molecule has 0 fully saturated rings. The molecule has 0 bridgehead atoms. The Morgan fingerprint density at radius 2 is 1.91 bits per heavy atom. The van der Waals surface area contributed by atoms with Gasteiger partial charge in [-0.05, 0) is 79.6 Å². The maximum Gasteiger partial charge on any atom is 0.259 e. The van der Waals surface area contributed by atoms with E-state index < -0.39 is 0 Å². The lowest BCUT2D eigenvalue weighted by atomic mass is 10.0. The summed E-state index contributed by atoms with van der Waals surface area (Å²) in [7, 11) is 0. The molecule has 0 spiro atoms. The molecular formula is C27H26N4O. The molecule has 1 amide bonds. The molecule has 1 aliphatic heterocycles. The molecule has 0 saturated carbocycles. The van der Waals surface area contributed by atoms with Crippen molar-refractivity contribution in [1.82, 2.24) is 4.98 Å². The summed E-state index contributed by atoms with van der Waals surface area (Å²) in [5.41, 5.74) is 7.38. The number of nitrogens with one attached hydrogen (secondary N) is 2. The maximum absolute atomic E-state index is 13.3. The Hall–Kier alpha value is -4.12. The smallest absolute Gasteiger partial charge is 0.259 e. The predicted molar refractivity (Wildman–Crippen MR) is 132 cm³/mol. The number of nitrogens with zero attached hydrogens (tertiary/aromatic N) is 2. The number of allylic oxidation sites excluding steroid dienone is 4. The summed E-state index contributed by atoms with van der Waals surface area (Å²) < 4.78 is 0. The van der Waals surface area contributed by atoms with E-state index in [1.54, 1.807) is 18.5 Å². The lowest BCUT2D eigenvalue weighted by Gasteiger charge is -2.17. The third-order valence-electron chi connectivity index (χ3n) is 5.26. The van der Waals surface area contributed by atoms with Gasteiger partial charge in [-0.1, -0.05) is 24.8 Å². The largest absolute Gasteiger partial charge is 0.356 e. The van der Waals surface area contributed by atoms with E-state index >= 15 is 0 Å². The van der Waals surface area contributed by atoms with Crippen LogP contribution >= 0.6 is 0 Å². The molecule has 32 heavy (non-hydrogen) atoms. The van der Waals surface area contributed by atoms with Crippen LogP contribution in [0.3, 0.4) is 0 Å². The first-order chi connectivity index (χ1) is 15.6. The number of aromatic nitrogens is 1. The molecule has 2 aromatic carbocycles. The normalized spacial score (nSPS) is 13.4. The number of fused-ring (bicyclic) bond motifs is 1. The molecule has 0 atom stereocenters. The number of rotatable bonds is 7. The summed E-state index contributed by atoms with van der Waals surface area (Å²) in [6.45, 7) is 8.27. The minimum Gasteiger partial charge on any atom is -0.356 e. The first kappa shape index (κ1) is 21.1. The molecular weight excluding hydrogens is 396 g/mol. The topological polar surface area (TPSA) is 57.3 Å². The van der Waals surface area contributed by atoms with Crippen molar-refractivity contribution in [3.05, 3.63) is 114 Å². The van der Waals surface area contributed by atoms with Crippen molar-refractivity contribution < 1.29 is 4.79 Å². The number of amides is 1. The number of anilines is 4. The molecule has 5 heteroatoms. The van der Waals surface area contributed by atoms with Gasteiger partial charge in [0.05, 0.1) is 6.54 Å². The second-order valence-electron chi connectivity index (χ2n) is 7.61. The van der Waals surface area contributed by atoms with Crippen LogP contribution in [0.25, 0.3) is 0 Å². The van der Waals surface area contributed by atoms with E-state index in [2.05, 4.69) is 28.3 Å². The standard InChI is InChI=1S/C27H26N4O/c1-4-7-21(8-5-2)30-24-15-19(3)26-20(16-24)18-31(27(26)32)25-10-6-9-23(17-25)29-22-11-13-28-14-12-22/h4-17,30H,1,18H2,2-3H3,(H,28,29)/b8-5-,21-7+. The monoisotopic (exact) mass is 422 g/mol. The fraction of sp³-hybridized carbons (Fsp3) is 0.111. The Labute approximate surface area is 188 Å². The lowest BCUT2D eigenvalue weighted by molar-refractivity contribution is 0.0996. The van der Waals surface area contributed by atoms with E-state index in [9.17, 15) is 4.79 Å². The van der Waals surface area contributed by atoms with Crippen molar-refractivity contribution in [2.75, 3.05) is 15.5 Å². The molecule has 160 valence electrons. The molecule has 0 unspecified atom stereocenters. The zero-order valence-electron chi connectivity index (χ0n) is 18.3. The number of aryl methyl sites for hydroxylation is 1. The van der Waals surface area contributed by atoms with E-state index in [4.69, 9.17) is 0 Å². The molecule has 0 saturated heterocycles. The number of carbonyl (C=O) groups excluding carboxylic acids is 1. The second-order valence-corrected chi connectivity index (χ2v) is 7.61. The van der Waals surface area contributed by atoms with Crippen LogP contribution in [-0.2, 0) is 6.54 Å². The molecule has 1 aromatic heterocycles. The van der Waals surface area contributed by atoms with Crippen molar-refractivity contribution in [2.24, 2.45) is 0 Å². The fourth-order valence-corrected chi connectivity index (χ4v) is 3.91. The highest BCUT2D eigenvalue weighted by Crippen LogP contribution is 2.34. The van der Waals surface area contributed by atoms with Gasteiger partial charge >= 0.3 is 0 Å². The SMILES string of the molecule is C=C/C=C(\C=C/C)Nc1cc(C)c2c(c1)CN(c1cccc(Nc3ccncc3)c1)C2=O. The van der Waals surface area contributed by atoms with Gasteiger partial charge < -0.3 is 15.5 Å². The van der Waals surface area contributed by atoms with Gasteiger partial charge in [0.25, 0.3) is 5.91 Å². The number of pyridine rings is 1. The van der Waals surface area contributed by atoms with Crippen molar-refractivity contribution in [2.45, 2.75) is 20.4 Å². The third-order valence-corrected chi connectivity index (χ3v) is 5.26. The first-order valence-electron chi connectivity index (χ1n) is 10.5. The van der Waals surface area contributed by atoms with Crippen LogP contribution in [0, 0.1) is 6.92 Å². The zero-order chi connectivity index (χ0) is 22.5. The van der Waals surface area contributed by atoms with Crippen LogP contribution < -0.4 is 15.5 Å². The quantitative estimate of drug-likeness (QED) is 0.436. The second kappa shape index (κ2) is 9.35. The van der Waals surface area contributed by atoms with Crippen LogP contribution in [-0.4, -0.2) is 10.9 Å². The number of carbonyl (C=O) groups is 1. The minimum atomic E-state index is 0.0282. The van der Waals surface area contributed by atoms with Gasteiger partial charge in [0.2, 0.25) is 0 Å². The first-order valence-corrected chi connectivity index (χ1v) is 10.5. The van der Waals surface area contributed by atoms with Gasteiger partial charge in [-0.15, -0.1) is 0 Å². The fourth-order valence-electron chi connectivity index (χ4n) is 3.91. The molecule has 2 heterocycles. The molecule has 3 aromatic rings. The van der Waals surface area contributed by atoms with Gasteiger partial charge in [-0.2, -0.15) is 0 Å². The van der Waals surface area contributed by atoms with Crippen LogP contribution in [0.5, 0.6) is 0 Å². The summed E-state index contributed by atoms with van der Waals surface area (Å²) in [5, 5.41) is 6.78. The van der Waals surface area contributed by atoms with Crippen LogP contribution in [0.1, 0.15) is 28.4 Å². The zero-order valence-corrected chi connectivity index (χ0v) is 18.3. The molecule has 2 N–H and O–H groups in total. The van der Waals surface area contributed by atoms with E-state index in [1.165, 1.54) is 0 Å². The van der Waals surface area contributed by atoms with Gasteiger partial charge in [0.1, 0.15) is 0 Å². The summed E-state index contributed by atoms with van der Waals surface area (Å²) in [5.74, 6) is 0.0282. The van der Waals surface area contributed by atoms with E-state index in [0.717, 1.165) is 45.1 Å². The summed E-state index contributed by atoms with van der Waals surface area (Å²) >= 11 is 0. The molecule has 1 aliphatic rings. The van der Waals surface area contributed by atoms with Gasteiger partial charge in [-0.25, -0.2) is 0 Å². The van der Waals surface area contributed by atoms with Gasteiger partial charge in [-0.3, -0.25) is 9.78 Å². The summed E-state index contributed by atoms with van der Waals surface area (Å²) in [6.07, 6.45) is 11.1. The number of hydrogen-bond donors (Lipinski definition) is 2. The summed E-state index contributed by atoms with van der Waals surface area (Å²) in [6, 6.07) is 15.8. The van der Waals surface area contributed by atoms with E-state index in [1.807, 2.05) is 79.4 Å². The molecule has 4 rings (SSSR count). The highest BCUT2D eigenvalue weighted by atomic mass is 16.2. The molecule has 0 radical (unpaired) electrons. The van der Waals surface area contributed by atoms with Gasteiger partial charge in [0.15, 0.2) is 0 Å². The number of benzene rings is 2. The van der Waals surface area contributed by atoms with Crippen molar-refractivity contribution in [3.8, 4) is 0 Å². The van der Waals surface area contributed by atoms with Crippen LogP contribution in [0.4, 0.5) is 22.7 Å². The highest BCUT2D eigenvalue weighted by molar-refractivity contribution is 6.11. The maximum atomic E-state index is 13.3. The molecule has 5 nitrogen and oxygen atoms in total. The minimum absolute atomic E-state index is 0.0282. The summed E-state index contributed by atoms with van der Waals surface area (Å²) in [4.78, 5) is 19.1. The Bertz CT molecular complexity index is 1210. The third kappa shape index (κ3) is 4.47. The predicted octanol–water partition coefficient (Wildman–Crippen LogP) is 6.35. The highest BCUT2D eigenvalue weighted by Gasteiger charge is 2.30. The Morgan fingerprint density at radius 3 is 2.66 bits per heavy atom. The average Bonchev–Trinajstić information content (AvgIpc) is 3.12. The average molecular weight is 423 g/mol. The Morgan fingerprint density at radius 1 is 1.09 bits per heavy atom. The van der Waals surface area contributed by atoms with E-state index in [-0.39, 0.29) is 5.91 Å². The number of hydrogen-bond acceptors (Lipinski definition) is 4. The van der Waals surface area contributed by atoms with Crippen LogP contribution in [0.2, 0.25) is 0 Å². The van der Waals surface area contributed by atoms with Crippen molar-refractivity contribution >= 4 is 28.7 Å². The van der Waals surface area contributed by atoms with E-state index in [0.29, 0.717) is 6.54 Å². The molecule has 0 aliphatic carbocycles. The van der Waals surface area contributed by atoms with Crippen LogP contribution in [0.15, 0.2) is 97.5 Å².